The summed E-state index contributed by atoms with van der Waals surface area (Å²) in [6.07, 6.45) is 2.24. The lowest BCUT2D eigenvalue weighted by Gasteiger charge is -2.10. The summed E-state index contributed by atoms with van der Waals surface area (Å²) in [4.78, 5) is 6.65. The second-order valence-electron chi connectivity index (χ2n) is 5.19. The van der Waals surface area contributed by atoms with Crippen LogP contribution in [-0.2, 0) is 6.54 Å². The Morgan fingerprint density at radius 2 is 2.10 bits per heavy atom. The molecule has 5 nitrogen and oxygen atoms in total. The number of fused-ring (bicyclic) bond motifs is 1. The van der Waals surface area contributed by atoms with Gasteiger partial charge in [0.1, 0.15) is 11.3 Å². The second-order valence-corrected chi connectivity index (χ2v) is 5.19. The van der Waals surface area contributed by atoms with Crippen LogP contribution in [0, 0.1) is 0 Å². The summed E-state index contributed by atoms with van der Waals surface area (Å²) in [7, 11) is 4.19. The third-order valence-electron chi connectivity index (χ3n) is 3.31. The molecule has 0 aliphatic rings. The van der Waals surface area contributed by atoms with Crippen LogP contribution >= 0.6 is 0 Å². The number of ether oxygens (including phenoxy) is 1. The number of rotatable bonds is 7. The number of para-hydroxylation sites is 1. The zero-order valence-electron chi connectivity index (χ0n) is 12.6. The maximum atomic E-state index is 6.05. The second kappa shape index (κ2) is 6.61. The SMILES string of the molecule is CCOc1cccc2c1nc(N)n2CCCCN(C)C. The largest absolute Gasteiger partial charge is 0.492 e. The van der Waals surface area contributed by atoms with Gasteiger partial charge in [-0.05, 0) is 52.5 Å². The predicted molar refractivity (Wildman–Crippen MR) is 83.1 cm³/mol. The molecule has 0 spiro atoms. The van der Waals surface area contributed by atoms with Crippen LogP contribution in [-0.4, -0.2) is 41.7 Å². The number of imidazole rings is 1. The van der Waals surface area contributed by atoms with Crippen LogP contribution in [0.1, 0.15) is 19.8 Å². The Morgan fingerprint density at radius 3 is 2.80 bits per heavy atom. The number of nitrogens with zero attached hydrogens (tertiary/aromatic N) is 3. The molecule has 0 saturated heterocycles. The van der Waals surface area contributed by atoms with Crippen molar-refractivity contribution < 1.29 is 4.74 Å². The Kier molecular flexibility index (Phi) is 4.84. The van der Waals surface area contributed by atoms with Crippen LogP contribution in [0.3, 0.4) is 0 Å². The highest BCUT2D eigenvalue weighted by molar-refractivity contribution is 5.84. The van der Waals surface area contributed by atoms with Crippen LogP contribution in [0.4, 0.5) is 5.95 Å². The molecule has 0 aliphatic heterocycles. The number of nitrogen functional groups attached to an aromatic ring is 1. The number of aryl methyl sites for hydroxylation is 1. The van der Waals surface area contributed by atoms with Gasteiger partial charge in [0.25, 0.3) is 0 Å². The van der Waals surface area contributed by atoms with Crippen LogP contribution in [0.2, 0.25) is 0 Å². The Morgan fingerprint density at radius 1 is 1.30 bits per heavy atom. The summed E-state index contributed by atoms with van der Waals surface area (Å²) in [5, 5.41) is 0. The van der Waals surface area contributed by atoms with Crippen molar-refractivity contribution in [3.63, 3.8) is 0 Å². The van der Waals surface area contributed by atoms with Gasteiger partial charge >= 0.3 is 0 Å². The number of nitrogens with two attached hydrogens (primary N) is 1. The van der Waals surface area contributed by atoms with E-state index in [0.717, 1.165) is 42.7 Å². The Balaban J connectivity index is 2.16. The molecule has 0 atom stereocenters. The van der Waals surface area contributed by atoms with Crippen molar-refractivity contribution in [2.24, 2.45) is 0 Å². The molecule has 0 unspecified atom stereocenters. The van der Waals surface area contributed by atoms with Crippen LogP contribution in [0.5, 0.6) is 5.75 Å². The van der Waals surface area contributed by atoms with E-state index in [1.807, 2.05) is 25.1 Å². The van der Waals surface area contributed by atoms with Crippen LogP contribution in [0.25, 0.3) is 11.0 Å². The summed E-state index contributed by atoms with van der Waals surface area (Å²) in [5.74, 6) is 1.38. The van der Waals surface area contributed by atoms with Gasteiger partial charge in [-0.25, -0.2) is 4.98 Å². The van der Waals surface area contributed by atoms with Crippen molar-refractivity contribution in [3.8, 4) is 5.75 Å². The van der Waals surface area contributed by atoms with Gasteiger partial charge < -0.3 is 19.9 Å². The fourth-order valence-electron chi connectivity index (χ4n) is 2.34. The summed E-state index contributed by atoms with van der Waals surface area (Å²) >= 11 is 0. The number of hydrogen-bond donors (Lipinski definition) is 1. The minimum absolute atomic E-state index is 0.567. The van der Waals surface area contributed by atoms with Gasteiger partial charge in [0.2, 0.25) is 5.95 Å². The molecule has 0 radical (unpaired) electrons. The minimum Gasteiger partial charge on any atom is -0.492 e. The average molecular weight is 276 g/mol. The molecule has 0 amide bonds. The fourth-order valence-corrected chi connectivity index (χ4v) is 2.34. The fraction of sp³-hybridized carbons (Fsp3) is 0.533. The number of anilines is 1. The van der Waals surface area contributed by atoms with Gasteiger partial charge in [-0.15, -0.1) is 0 Å². The first-order valence-electron chi connectivity index (χ1n) is 7.15. The Bertz CT molecular complexity index is 562. The van der Waals surface area contributed by atoms with Crippen molar-refractivity contribution in [2.45, 2.75) is 26.3 Å². The van der Waals surface area contributed by atoms with Crippen molar-refractivity contribution in [3.05, 3.63) is 18.2 Å². The first kappa shape index (κ1) is 14.7. The molecule has 1 aromatic carbocycles. The predicted octanol–water partition coefficient (Wildman–Crippen LogP) is 2.36. The molecule has 0 aliphatic carbocycles. The van der Waals surface area contributed by atoms with Gasteiger partial charge in [0, 0.05) is 6.54 Å². The van der Waals surface area contributed by atoms with Gasteiger partial charge in [0.15, 0.2) is 0 Å². The topological polar surface area (TPSA) is 56.3 Å². The highest BCUT2D eigenvalue weighted by Crippen LogP contribution is 2.27. The van der Waals surface area contributed by atoms with E-state index in [-0.39, 0.29) is 0 Å². The van der Waals surface area contributed by atoms with E-state index >= 15 is 0 Å². The Labute approximate surface area is 120 Å². The molecule has 20 heavy (non-hydrogen) atoms. The molecule has 5 heteroatoms. The first-order chi connectivity index (χ1) is 9.63. The van der Waals surface area contributed by atoms with Crippen molar-refractivity contribution in [2.75, 3.05) is 33.0 Å². The van der Waals surface area contributed by atoms with E-state index in [9.17, 15) is 0 Å². The molecule has 0 saturated carbocycles. The summed E-state index contributed by atoms with van der Waals surface area (Å²) < 4.78 is 7.68. The van der Waals surface area contributed by atoms with E-state index < -0.39 is 0 Å². The average Bonchev–Trinajstić information content (AvgIpc) is 2.72. The first-order valence-corrected chi connectivity index (χ1v) is 7.15. The third kappa shape index (κ3) is 3.22. The minimum atomic E-state index is 0.567. The summed E-state index contributed by atoms with van der Waals surface area (Å²) in [6, 6.07) is 5.98. The molecule has 1 heterocycles. The molecule has 2 aromatic rings. The highest BCUT2D eigenvalue weighted by Gasteiger charge is 2.11. The number of benzene rings is 1. The van der Waals surface area contributed by atoms with E-state index in [1.165, 1.54) is 0 Å². The van der Waals surface area contributed by atoms with Gasteiger partial charge in [-0.1, -0.05) is 6.07 Å². The van der Waals surface area contributed by atoms with E-state index in [4.69, 9.17) is 10.5 Å². The van der Waals surface area contributed by atoms with E-state index in [0.29, 0.717) is 12.6 Å². The summed E-state index contributed by atoms with van der Waals surface area (Å²) in [6.45, 7) is 4.59. The lowest BCUT2D eigenvalue weighted by Crippen LogP contribution is -2.13. The van der Waals surface area contributed by atoms with Crippen LogP contribution in [0.15, 0.2) is 18.2 Å². The van der Waals surface area contributed by atoms with Crippen molar-refractivity contribution in [1.29, 1.82) is 0 Å². The number of unbranched alkanes of at least 4 members (excludes halogenated alkanes) is 1. The molecule has 2 N–H and O–H groups in total. The van der Waals surface area contributed by atoms with E-state index in [2.05, 4.69) is 28.5 Å². The highest BCUT2D eigenvalue weighted by atomic mass is 16.5. The smallest absolute Gasteiger partial charge is 0.201 e. The molecule has 1 aromatic heterocycles. The lowest BCUT2D eigenvalue weighted by molar-refractivity contribution is 0.343. The zero-order valence-corrected chi connectivity index (χ0v) is 12.6. The maximum Gasteiger partial charge on any atom is 0.201 e. The van der Waals surface area contributed by atoms with Gasteiger partial charge in [-0.2, -0.15) is 0 Å². The zero-order chi connectivity index (χ0) is 14.5. The molecule has 0 fully saturated rings. The number of aromatic nitrogens is 2. The molecule has 110 valence electrons. The van der Waals surface area contributed by atoms with Gasteiger partial charge in [0.05, 0.1) is 12.1 Å². The van der Waals surface area contributed by atoms with Gasteiger partial charge in [-0.3, -0.25) is 0 Å². The van der Waals surface area contributed by atoms with Crippen LogP contribution < -0.4 is 10.5 Å². The molecular weight excluding hydrogens is 252 g/mol. The lowest BCUT2D eigenvalue weighted by atomic mass is 10.2. The summed E-state index contributed by atoms with van der Waals surface area (Å²) in [5.41, 5.74) is 7.96. The quantitative estimate of drug-likeness (QED) is 0.789. The molecule has 0 bridgehead atoms. The van der Waals surface area contributed by atoms with Crippen molar-refractivity contribution in [1.82, 2.24) is 14.5 Å². The molecule has 2 rings (SSSR count). The molecular formula is C15H24N4O. The maximum absolute atomic E-state index is 6.05. The van der Waals surface area contributed by atoms with E-state index in [1.54, 1.807) is 0 Å². The normalized spacial score (nSPS) is 11.4. The monoisotopic (exact) mass is 276 g/mol. The Hall–Kier alpha value is -1.75. The third-order valence-corrected chi connectivity index (χ3v) is 3.31. The number of hydrogen-bond acceptors (Lipinski definition) is 4. The standard InChI is InChI=1S/C15H24N4O/c1-4-20-13-9-7-8-12-14(13)17-15(16)19(12)11-6-5-10-18(2)3/h7-9H,4-6,10-11H2,1-3H3,(H2,16,17). The van der Waals surface area contributed by atoms with Crippen molar-refractivity contribution >= 4 is 17.0 Å².